The van der Waals surface area contributed by atoms with Gasteiger partial charge in [0.1, 0.15) is 10.5 Å². The van der Waals surface area contributed by atoms with E-state index in [1.807, 2.05) is 0 Å². The Balaban J connectivity index is 2.85. The molecule has 2 nitrogen and oxygen atoms in total. The van der Waals surface area contributed by atoms with Crippen LogP contribution in [-0.2, 0) is 5.41 Å². The van der Waals surface area contributed by atoms with Gasteiger partial charge in [-0.05, 0) is 6.42 Å². The molecule has 0 N–H and O–H groups in total. The van der Waals surface area contributed by atoms with E-state index in [-0.39, 0.29) is 5.41 Å². The summed E-state index contributed by atoms with van der Waals surface area (Å²) in [6.07, 6.45) is 1.11. The van der Waals surface area contributed by atoms with Crippen molar-refractivity contribution in [1.29, 1.82) is 0 Å². The molecular formula is C7H12N2S. The molecule has 1 heterocycles. The van der Waals surface area contributed by atoms with Crippen LogP contribution < -0.4 is 0 Å². The van der Waals surface area contributed by atoms with Gasteiger partial charge in [-0.15, -0.1) is 21.5 Å². The maximum atomic E-state index is 4.03. The van der Waals surface area contributed by atoms with Crippen LogP contribution in [0.25, 0.3) is 0 Å². The van der Waals surface area contributed by atoms with Crippen LogP contribution in [0.3, 0.4) is 0 Å². The van der Waals surface area contributed by atoms with Crippen LogP contribution in [0.4, 0.5) is 0 Å². The first-order valence-corrected chi connectivity index (χ1v) is 4.31. The second-order valence-corrected chi connectivity index (χ2v) is 3.81. The number of rotatable bonds is 2. The van der Waals surface area contributed by atoms with Crippen molar-refractivity contribution in [1.82, 2.24) is 10.2 Å². The van der Waals surface area contributed by atoms with Crippen molar-refractivity contribution in [2.45, 2.75) is 32.6 Å². The number of aromatic nitrogens is 2. The van der Waals surface area contributed by atoms with E-state index in [2.05, 4.69) is 31.0 Å². The van der Waals surface area contributed by atoms with Gasteiger partial charge in [-0.2, -0.15) is 0 Å². The molecular weight excluding hydrogens is 144 g/mol. The van der Waals surface area contributed by atoms with Crippen molar-refractivity contribution in [3.63, 3.8) is 0 Å². The lowest BCUT2D eigenvalue weighted by atomic mass is 9.91. The monoisotopic (exact) mass is 156 g/mol. The first kappa shape index (κ1) is 7.66. The Labute approximate surface area is 65.3 Å². The maximum Gasteiger partial charge on any atom is 0.122 e. The second-order valence-electron chi connectivity index (χ2n) is 2.98. The van der Waals surface area contributed by atoms with Gasteiger partial charge in [-0.1, -0.05) is 20.8 Å². The Hall–Kier alpha value is -0.440. The molecule has 0 atom stereocenters. The van der Waals surface area contributed by atoms with Crippen molar-refractivity contribution in [2.75, 3.05) is 0 Å². The summed E-state index contributed by atoms with van der Waals surface area (Å²) in [6.45, 7) is 6.54. The largest absolute Gasteiger partial charge is 0.147 e. The first-order valence-electron chi connectivity index (χ1n) is 3.43. The highest BCUT2D eigenvalue weighted by Gasteiger charge is 2.20. The summed E-state index contributed by atoms with van der Waals surface area (Å²) in [4.78, 5) is 0. The highest BCUT2D eigenvalue weighted by atomic mass is 32.1. The number of nitrogens with zero attached hydrogens (tertiary/aromatic N) is 2. The zero-order chi connectivity index (χ0) is 7.61. The predicted octanol–water partition coefficient (Wildman–Crippen LogP) is 2.23. The van der Waals surface area contributed by atoms with Gasteiger partial charge in [-0.25, -0.2) is 0 Å². The van der Waals surface area contributed by atoms with Crippen molar-refractivity contribution in [3.8, 4) is 0 Å². The molecule has 0 aliphatic rings. The maximum absolute atomic E-state index is 4.03. The van der Waals surface area contributed by atoms with E-state index in [4.69, 9.17) is 0 Å². The van der Waals surface area contributed by atoms with Crippen LogP contribution in [0.15, 0.2) is 5.51 Å². The van der Waals surface area contributed by atoms with Crippen LogP contribution in [-0.4, -0.2) is 10.2 Å². The first-order chi connectivity index (χ1) is 4.67. The third kappa shape index (κ3) is 1.34. The van der Waals surface area contributed by atoms with Crippen molar-refractivity contribution < 1.29 is 0 Å². The Morgan fingerprint density at radius 3 is 2.70 bits per heavy atom. The molecule has 0 bridgehead atoms. The average molecular weight is 156 g/mol. The van der Waals surface area contributed by atoms with Gasteiger partial charge >= 0.3 is 0 Å². The van der Waals surface area contributed by atoms with Crippen LogP contribution >= 0.6 is 11.3 Å². The van der Waals surface area contributed by atoms with Gasteiger partial charge in [0, 0.05) is 5.41 Å². The van der Waals surface area contributed by atoms with Crippen LogP contribution in [0.2, 0.25) is 0 Å². The summed E-state index contributed by atoms with van der Waals surface area (Å²) in [6, 6.07) is 0. The highest BCUT2D eigenvalue weighted by molar-refractivity contribution is 7.09. The molecule has 1 aromatic rings. The highest BCUT2D eigenvalue weighted by Crippen LogP contribution is 2.26. The summed E-state index contributed by atoms with van der Waals surface area (Å²) in [7, 11) is 0. The molecule has 0 saturated carbocycles. The minimum Gasteiger partial charge on any atom is -0.147 e. The molecule has 0 aliphatic heterocycles. The fourth-order valence-electron chi connectivity index (χ4n) is 0.619. The molecule has 0 amide bonds. The summed E-state index contributed by atoms with van der Waals surface area (Å²) in [5.41, 5.74) is 1.99. The van der Waals surface area contributed by atoms with Gasteiger partial charge in [0.15, 0.2) is 0 Å². The summed E-state index contributed by atoms with van der Waals surface area (Å²) < 4.78 is 0. The van der Waals surface area contributed by atoms with E-state index >= 15 is 0 Å². The van der Waals surface area contributed by atoms with Crippen molar-refractivity contribution in [2.24, 2.45) is 0 Å². The fourth-order valence-corrected chi connectivity index (χ4v) is 1.37. The lowest BCUT2D eigenvalue weighted by molar-refractivity contribution is 0.498. The molecule has 0 unspecified atom stereocenters. The molecule has 10 heavy (non-hydrogen) atoms. The third-order valence-electron chi connectivity index (χ3n) is 1.82. The van der Waals surface area contributed by atoms with Gasteiger partial charge in [0.05, 0.1) is 0 Å². The average Bonchev–Trinajstić information content (AvgIpc) is 2.38. The fraction of sp³-hybridized carbons (Fsp3) is 0.714. The van der Waals surface area contributed by atoms with E-state index in [9.17, 15) is 0 Å². The molecule has 0 saturated heterocycles. The summed E-state index contributed by atoms with van der Waals surface area (Å²) in [5.74, 6) is 0. The van der Waals surface area contributed by atoms with Gasteiger partial charge in [0.2, 0.25) is 0 Å². The quantitative estimate of drug-likeness (QED) is 0.656. The summed E-state index contributed by atoms with van der Waals surface area (Å²) in [5, 5.41) is 8.97. The van der Waals surface area contributed by atoms with Gasteiger partial charge in [-0.3, -0.25) is 0 Å². The molecule has 0 fully saturated rings. The van der Waals surface area contributed by atoms with E-state index in [1.165, 1.54) is 0 Å². The zero-order valence-corrected chi connectivity index (χ0v) is 7.40. The minimum atomic E-state index is 0.209. The second kappa shape index (κ2) is 2.66. The van der Waals surface area contributed by atoms with Crippen LogP contribution in [0.5, 0.6) is 0 Å². The van der Waals surface area contributed by atoms with Crippen molar-refractivity contribution in [3.05, 3.63) is 10.5 Å². The Morgan fingerprint density at radius 1 is 1.60 bits per heavy atom. The minimum absolute atomic E-state index is 0.209. The molecule has 0 aliphatic carbocycles. The molecule has 0 radical (unpaired) electrons. The molecule has 3 heteroatoms. The Morgan fingerprint density at radius 2 is 2.30 bits per heavy atom. The standard InChI is InChI=1S/C7H12N2S/c1-4-7(2,3)6-9-8-5-10-6/h5H,4H2,1-3H3. The smallest absolute Gasteiger partial charge is 0.122 e. The normalized spacial score (nSPS) is 11.9. The zero-order valence-electron chi connectivity index (χ0n) is 6.59. The van der Waals surface area contributed by atoms with E-state index in [1.54, 1.807) is 16.8 Å². The lowest BCUT2D eigenvalue weighted by Crippen LogP contribution is -2.14. The molecule has 1 aromatic heterocycles. The summed E-state index contributed by atoms with van der Waals surface area (Å²) >= 11 is 1.63. The SMILES string of the molecule is CCC(C)(C)c1nncs1. The molecule has 1 rings (SSSR count). The van der Waals surface area contributed by atoms with Gasteiger partial charge < -0.3 is 0 Å². The molecule has 0 aromatic carbocycles. The Bertz CT molecular complexity index is 191. The van der Waals surface area contributed by atoms with E-state index in [0.29, 0.717) is 0 Å². The van der Waals surface area contributed by atoms with Crippen LogP contribution in [0, 0.1) is 0 Å². The molecule has 0 spiro atoms. The number of hydrogen-bond donors (Lipinski definition) is 0. The third-order valence-corrected chi connectivity index (χ3v) is 2.88. The lowest BCUT2D eigenvalue weighted by Gasteiger charge is -2.17. The molecule has 56 valence electrons. The van der Waals surface area contributed by atoms with E-state index < -0.39 is 0 Å². The Kier molecular flexibility index (Phi) is 2.04. The topological polar surface area (TPSA) is 25.8 Å². The van der Waals surface area contributed by atoms with E-state index in [0.717, 1.165) is 11.4 Å². The van der Waals surface area contributed by atoms with Gasteiger partial charge in [0.25, 0.3) is 0 Å². The van der Waals surface area contributed by atoms with Crippen LogP contribution in [0.1, 0.15) is 32.2 Å². The number of hydrogen-bond acceptors (Lipinski definition) is 3. The predicted molar refractivity (Wildman–Crippen MR) is 43.2 cm³/mol. The van der Waals surface area contributed by atoms with Crippen molar-refractivity contribution >= 4 is 11.3 Å².